The van der Waals surface area contributed by atoms with Crippen molar-refractivity contribution in [1.29, 1.82) is 0 Å². The average molecular weight is 432 g/mol. The van der Waals surface area contributed by atoms with Gasteiger partial charge in [-0.2, -0.15) is 0 Å². The third-order valence-corrected chi connectivity index (χ3v) is 7.98. The minimum Gasteiger partial charge on any atom is -0.338 e. The molecule has 0 radical (unpaired) electrons. The largest absolute Gasteiger partial charge is 0.338 e. The molecule has 5 rings (SSSR count). The lowest BCUT2D eigenvalue weighted by molar-refractivity contribution is 0.0648. The molecule has 0 bridgehead atoms. The Morgan fingerprint density at radius 1 is 1.10 bits per heavy atom. The Kier molecular flexibility index (Phi) is 5.88. The lowest BCUT2D eigenvalue weighted by atomic mass is 9.91. The molecule has 2 aliphatic rings. The van der Waals surface area contributed by atoms with Crippen LogP contribution in [0.5, 0.6) is 0 Å². The zero-order valence-corrected chi connectivity index (χ0v) is 18.9. The van der Waals surface area contributed by atoms with Crippen LogP contribution in [0.3, 0.4) is 0 Å². The first-order chi connectivity index (χ1) is 15.2. The van der Waals surface area contributed by atoms with Crippen LogP contribution in [0.25, 0.3) is 10.4 Å². The molecule has 1 saturated heterocycles. The Morgan fingerprint density at radius 3 is 2.68 bits per heavy atom. The first kappa shape index (κ1) is 20.4. The number of hydrogen-bond acceptors (Lipinski definition) is 4. The van der Waals surface area contributed by atoms with Crippen molar-refractivity contribution in [2.75, 3.05) is 26.7 Å². The number of carbonyl (C=O) groups is 1. The SMILES string of the molecule is CN(C(=O)c1cc2c(s1)-c1ccccc1CC2)C1CCN(CCc2ccccn2)CC1. The first-order valence-electron chi connectivity index (χ1n) is 11.3. The summed E-state index contributed by atoms with van der Waals surface area (Å²) in [6.07, 6.45) is 7.04. The minimum atomic E-state index is 0.184. The van der Waals surface area contributed by atoms with Crippen LogP contribution in [0.4, 0.5) is 0 Å². The topological polar surface area (TPSA) is 36.4 Å². The highest BCUT2D eigenvalue weighted by Crippen LogP contribution is 2.40. The maximum Gasteiger partial charge on any atom is 0.263 e. The summed E-state index contributed by atoms with van der Waals surface area (Å²) in [6, 6.07) is 17.2. The van der Waals surface area contributed by atoms with Crippen LogP contribution >= 0.6 is 11.3 Å². The Labute approximate surface area is 188 Å². The van der Waals surface area contributed by atoms with E-state index in [-0.39, 0.29) is 5.91 Å². The summed E-state index contributed by atoms with van der Waals surface area (Å²) in [4.78, 5) is 24.4. The van der Waals surface area contributed by atoms with E-state index in [1.807, 2.05) is 24.2 Å². The number of rotatable bonds is 5. The third-order valence-electron chi connectivity index (χ3n) is 6.78. The Bertz CT molecular complexity index is 1050. The molecule has 3 heterocycles. The smallest absolute Gasteiger partial charge is 0.263 e. The maximum atomic E-state index is 13.3. The molecule has 1 aliphatic heterocycles. The van der Waals surface area contributed by atoms with Gasteiger partial charge in [-0.15, -0.1) is 11.3 Å². The van der Waals surface area contributed by atoms with Crippen LogP contribution in [0.2, 0.25) is 0 Å². The number of likely N-dealkylation sites (tertiary alicyclic amines) is 1. The minimum absolute atomic E-state index is 0.184. The molecular weight excluding hydrogens is 402 g/mol. The highest BCUT2D eigenvalue weighted by Gasteiger charge is 2.28. The van der Waals surface area contributed by atoms with E-state index < -0.39 is 0 Å². The van der Waals surface area contributed by atoms with Crippen molar-refractivity contribution in [2.24, 2.45) is 0 Å². The van der Waals surface area contributed by atoms with Crippen LogP contribution in [-0.4, -0.2) is 53.4 Å². The van der Waals surface area contributed by atoms with Gasteiger partial charge < -0.3 is 9.80 Å². The van der Waals surface area contributed by atoms with E-state index in [4.69, 9.17) is 0 Å². The molecule has 4 nitrogen and oxygen atoms in total. The predicted octanol–water partition coefficient (Wildman–Crippen LogP) is 4.69. The van der Waals surface area contributed by atoms with E-state index in [1.54, 1.807) is 11.3 Å². The van der Waals surface area contributed by atoms with Crippen molar-refractivity contribution >= 4 is 17.2 Å². The first-order valence-corrected chi connectivity index (χ1v) is 12.1. The quantitative estimate of drug-likeness (QED) is 0.588. The average Bonchev–Trinajstić information content (AvgIpc) is 3.28. The van der Waals surface area contributed by atoms with Gasteiger partial charge in [-0.1, -0.05) is 30.3 Å². The van der Waals surface area contributed by atoms with Crippen molar-refractivity contribution in [3.63, 3.8) is 0 Å². The lowest BCUT2D eigenvalue weighted by Gasteiger charge is -2.36. The highest BCUT2D eigenvalue weighted by atomic mass is 32.1. The molecule has 0 atom stereocenters. The standard InChI is InChI=1S/C26H29N3OS/c1-28(22-12-16-29(17-13-22)15-11-21-7-4-5-14-27-21)26(30)24-18-20-10-9-19-6-2-3-8-23(19)25(20)31-24/h2-8,14,18,22H,9-13,15-17H2,1H3. The summed E-state index contributed by atoms with van der Waals surface area (Å²) in [7, 11) is 1.99. The Balaban J connectivity index is 1.20. The van der Waals surface area contributed by atoms with Crippen LogP contribution < -0.4 is 0 Å². The van der Waals surface area contributed by atoms with E-state index in [0.717, 1.165) is 62.3 Å². The van der Waals surface area contributed by atoms with Crippen molar-refractivity contribution < 1.29 is 4.79 Å². The van der Waals surface area contributed by atoms with Crippen LogP contribution in [-0.2, 0) is 19.3 Å². The van der Waals surface area contributed by atoms with E-state index in [9.17, 15) is 4.79 Å². The number of amides is 1. The fourth-order valence-electron chi connectivity index (χ4n) is 4.87. The number of nitrogens with zero attached hydrogens (tertiary/aromatic N) is 3. The van der Waals surface area contributed by atoms with Crippen LogP contribution in [0, 0.1) is 0 Å². The second-order valence-corrected chi connectivity index (χ2v) is 9.73. The lowest BCUT2D eigenvalue weighted by Crippen LogP contribution is -2.45. The molecule has 1 amide bonds. The zero-order valence-electron chi connectivity index (χ0n) is 18.1. The van der Waals surface area contributed by atoms with Crippen LogP contribution in [0.15, 0.2) is 54.7 Å². The normalized spacial score (nSPS) is 16.5. The molecule has 1 aliphatic carbocycles. The zero-order chi connectivity index (χ0) is 21.2. The van der Waals surface area contributed by atoms with Crippen molar-refractivity contribution in [2.45, 2.75) is 38.1 Å². The Hall–Kier alpha value is -2.50. The number of benzene rings is 1. The van der Waals surface area contributed by atoms with Crippen LogP contribution in [0.1, 0.15) is 39.3 Å². The summed E-state index contributed by atoms with van der Waals surface area (Å²) in [5.74, 6) is 0.184. The number of fused-ring (bicyclic) bond motifs is 3. The van der Waals surface area contributed by atoms with Gasteiger partial charge in [0.25, 0.3) is 5.91 Å². The fraction of sp³-hybridized carbons (Fsp3) is 0.385. The molecule has 31 heavy (non-hydrogen) atoms. The van der Waals surface area contributed by atoms with Gasteiger partial charge in [0, 0.05) is 55.9 Å². The summed E-state index contributed by atoms with van der Waals surface area (Å²) >= 11 is 1.68. The molecule has 5 heteroatoms. The molecular formula is C26H29N3OS. The van der Waals surface area contributed by atoms with Crippen molar-refractivity contribution in [1.82, 2.24) is 14.8 Å². The molecule has 1 aromatic carbocycles. The van der Waals surface area contributed by atoms with Crippen molar-refractivity contribution in [3.05, 3.63) is 76.4 Å². The number of piperidine rings is 1. The second-order valence-electron chi connectivity index (χ2n) is 8.68. The summed E-state index contributed by atoms with van der Waals surface area (Å²) in [5.41, 5.74) is 5.21. The maximum absolute atomic E-state index is 13.3. The number of hydrogen-bond donors (Lipinski definition) is 0. The van der Waals surface area contributed by atoms with Gasteiger partial charge in [0.2, 0.25) is 0 Å². The van der Waals surface area contributed by atoms with Gasteiger partial charge in [0.15, 0.2) is 0 Å². The predicted molar refractivity (Wildman–Crippen MR) is 127 cm³/mol. The van der Waals surface area contributed by atoms with E-state index in [0.29, 0.717) is 6.04 Å². The monoisotopic (exact) mass is 431 g/mol. The van der Waals surface area contributed by atoms with Gasteiger partial charge in [0.05, 0.1) is 4.88 Å². The summed E-state index contributed by atoms with van der Waals surface area (Å²) < 4.78 is 0. The fourth-order valence-corrected chi connectivity index (χ4v) is 6.12. The molecule has 3 aromatic rings. The van der Waals surface area contributed by atoms with Gasteiger partial charge in [-0.25, -0.2) is 0 Å². The summed E-state index contributed by atoms with van der Waals surface area (Å²) in [5, 5.41) is 0. The third kappa shape index (κ3) is 4.30. The molecule has 2 aromatic heterocycles. The number of aromatic nitrogens is 1. The molecule has 0 spiro atoms. The summed E-state index contributed by atoms with van der Waals surface area (Å²) in [6.45, 7) is 3.13. The number of thiophene rings is 1. The number of aryl methyl sites for hydroxylation is 2. The molecule has 160 valence electrons. The van der Waals surface area contributed by atoms with Gasteiger partial charge >= 0.3 is 0 Å². The molecule has 0 unspecified atom stereocenters. The van der Waals surface area contributed by atoms with Crippen molar-refractivity contribution in [3.8, 4) is 10.4 Å². The molecule has 0 saturated carbocycles. The van der Waals surface area contributed by atoms with Gasteiger partial charge in [-0.3, -0.25) is 9.78 Å². The highest BCUT2D eigenvalue weighted by molar-refractivity contribution is 7.17. The second kappa shape index (κ2) is 8.93. The van der Waals surface area contributed by atoms with Gasteiger partial charge in [0.1, 0.15) is 0 Å². The Morgan fingerprint density at radius 2 is 1.87 bits per heavy atom. The van der Waals surface area contributed by atoms with E-state index in [2.05, 4.69) is 52.3 Å². The number of carbonyl (C=O) groups excluding carboxylic acids is 1. The number of pyridine rings is 1. The van der Waals surface area contributed by atoms with E-state index >= 15 is 0 Å². The molecule has 1 fully saturated rings. The van der Waals surface area contributed by atoms with E-state index in [1.165, 1.54) is 21.6 Å². The van der Waals surface area contributed by atoms with Gasteiger partial charge in [-0.05, 0) is 60.6 Å². The molecule has 0 N–H and O–H groups in total.